The lowest BCUT2D eigenvalue weighted by Gasteiger charge is -2.43. The molecule has 6 heteroatoms. The Bertz CT molecular complexity index is 579. The van der Waals surface area contributed by atoms with Crippen LogP contribution in [0, 0.1) is 0 Å². The fraction of sp³-hybridized carbons (Fsp3) is 0.533. The first-order valence-corrected chi connectivity index (χ1v) is 8.04. The molecule has 1 saturated heterocycles. The Hall–Kier alpha value is -1.11. The van der Waals surface area contributed by atoms with Gasteiger partial charge in [-0.25, -0.2) is 0 Å². The van der Waals surface area contributed by atoms with E-state index in [1.165, 1.54) is 0 Å². The number of amides is 1. The van der Waals surface area contributed by atoms with Gasteiger partial charge in [-0.15, -0.1) is 0 Å². The topological polar surface area (TPSA) is 61.6 Å². The molecule has 114 valence electrons. The quantitative estimate of drug-likeness (QED) is 0.810. The van der Waals surface area contributed by atoms with Crippen LogP contribution in [0.15, 0.2) is 16.6 Å². The van der Waals surface area contributed by atoms with Gasteiger partial charge in [0, 0.05) is 40.9 Å². The van der Waals surface area contributed by atoms with Crippen LogP contribution in [0.25, 0.3) is 0 Å². The lowest BCUT2D eigenvalue weighted by atomic mass is 10.1. The summed E-state index contributed by atoms with van der Waals surface area (Å²) in [6.45, 7) is 6.42. The average Bonchev–Trinajstić information content (AvgIpc) is 2.70. The van der Waals surface area contributed by atoms with Gasteiger partial charge in [-0.3, -0.25) is 9.69 Å². The first-order chi connectivity index (χ1) is 9.88. The molecule has 21 heavy (non-hydrogen) atoms. The van der Waals surface area contributed by atoms with Crippen LogP contribution in [0.3, 0.4) is 0 Å². The largest absolute Gasteiger partial charge is 0.367 e. The molecule has 3 rings (SSSR count). The molecule has 3 N–H and O–H groups in total. The number of carbonyl (C=O) groups excluding carboxylic acids is 1. The molecule has 1 amide bonds. The SMILES string of the molecule is CC1CN(c2cc3c(cc2Br)C(N)C(=O)N3)CC(C)N1C. The molecule has 0 radical (unpaired) electrons. The standard InChI is InChI=1S/C15H21BrN4O/c1-8-6-20(7-9(2)19(8)3)13-5-12-10(4-11(13)16)14(17)15(21)18-12/h4-5,8-9,14H,6-7,17H2,1-3H3,(H,18,21). The van der Waals surface area contributed by atoms with Gasteiger partial charge in [0.15, 0.2) is 0 Å². The number of fused-ring (bicyclic) bond motifs is 1. The third-order valence-corrected chi connectivity index (χ3v) is 5.33. The molecule has 0 aromatic heterocycles. The van der Waals surface area contributed by atoms with E-state index in [0.717, 1.165) is 34.5 Å². The fourth-order valence-electron chi connectivity index (χ4n) is 3.14. The monoisotopic (exact) mass is 352 g/mol. The highest BCUT2D eigenvalue weighted by molar-refractivity contribution is 9.10. The van der Waals surface area contributed by atoms with Gasteiger partial charge in [0.1, 0.15) is 6.04 Å². The van der Waals surface area contributed by atoms with Crippen LogP contribution in [-0.4, -0.2) is 43.0 Å². The lowest BCUT2D eigenvalue weighted by molar-refractivity contribution is -0.116. The van der Waals surface area contributed by atoms with Crippen molar-refractivity contribution in [1.29, 1.82) is 0 Å². The van der Waals surface area contributed by atoms with Crippen LogP contribution in [-0.2, 0) is 4.79 Å². The number of carbonyl (C=O) groups is 1. The van der Waals surface area contributed by atoms with Crippen LogP contribution in [0.2, 0.25) is 0 Å². The molecule has 0 saturated carbocycles. The number of nitrogens with one attached hydrogen (secondary N) is 1. The van der Waals surface area contributed by atoms with Gasteiger partial charge in [-0.2, -0.15) is 0 Å². The van der Waals surface area contributed by atoms with Crippen LogP contribution >= 0.6 is 15.9 Å². The van der Waals surface area contributed by atoms with Gasteiger partial charge in [-0.05, 0) is 49.0 Å². The second kappa shape index (κ2) is 5.26. The van der Waals surface area contributed by atoms with E-state index in [1.807, 2.05) is 12.1 Å². The molecule has 1 fully saturated rings. The Kier molecular flexibility index (Phi) is 3.71. The number of piperazine rings is 1. The molecule has 3 unspecified atom stereocenters. The van der Waals surface area contributed by atoms with Gasteiger partial charge in [0.05, 0.1) is 5.69 Å². The van der Waals surface area contributed by atoms with E-state index in [4.69, 9.17) is 5.73 Å². The zero-order valence-corrected chi connectivity index (χ0v) is 14.1. The predicted octanol–water partition coefficient (Wildman–Crippen LogP) is 1.93. The smallest absolute Gasteiger partial charge is 0.245 e. The summed E-state index contributed by atoms with van der Waals surface area (Å²) in [5.41, 5.74) is 8.72. The minimum absolute atomic E-state index is 0.130. The maximum Gasteiger partial charge on any atom is 0.245 e. The molecular formula is C15H21BrN4O. The van der Waals surface area contributed by atoms with Crippen molar-refractivity contribution < 1.29 is 4.79 Å². The number of hydrogen-bond acceptors (Lipinski definition) is 4. The van der Waals surface area contributed by atoms with E-state index in [2.05, 4.69) is 51.9 Å². The summed E-state index contributed by atoms with van der Waals surface area (Å²) >= 11 is 3.64. The number of nitrogens with zero attached hydrogens (tertiary/aromatic N) is 2. The molecule has 2 aliphatic rings. The molecular weight excluding hydrogens is 332 g/mol. The number of rotatable bonds is 1. The van der Waals surface area contributed by atoms with Gasteiger partial charge < -0.3 is 16.0 Å². The van der Waals surface area contributed by atoms with E-state index in [1.54, 1.807) is 0 Å². The minimum Gasteiger partial charge on any atom is -0.367 e. The normalized spacial score (nSPS) is 29.5. The van der Waals surface area contributed by atoms with Crippen molar-refractivity contribution in [2.75, 3.05) is 30.4 Å². The summed E-state index contributed by atoms with van der Waals surface area (Å²) in [7, 11) is 2.17. The summed E-state index contributed by atoms with van der Waals surface area (Å²) in [4.78, 5) is 16.5. The van der Waals surface area contributed by atoms with Crippen LogP contribution in [0.5, 0.6) is 0 Å². The van der Waals surface area contributed by atoms with E-state index >= 15 is 0 Å². The lowest BCUT2D eigenvalue weighted by Crippen LogP contribution is -2.55. The highest BCUT2D eigenvalue weighted by Gasteiger charge is 2.31. The first-order valence-electron chi connectivity index (χ1n) is 7.25. The molecule has 0 spiro atoms. The number of hydrogen-bond donors (Lipinski definition) is 2. The van der Waals surface area contributed by atoms with Crippen LogP contribution in [0.4, 0.5) is 11.4 Å². The van der Waals surface area contributed by atoms with Crippen molar-refractivity contribution in [3.05, 3.63) is 22.2 Å². The third-order valence-electron chi connectivity index (χ3n) is 4.69. The summed E-state index contributed by atoms with van der Waals surface area (Å²) in [6.07, 6.45) is 0. The van der Waals surface area contributed by atoms with Crippen LogP contribution < -0.4 is 16.0 Å². The minimum atomic E-state index is -0.560. The maximum absolute atomic E-state index is 11.7. The van der Waals surface area contributed by atoms with Crippen molar-refractivity contribution in [2.24, 2.45) is 5.73 Å². The van der Waals surface area contributed by atoms with Crippen molar-refractivity contribution in [3.63, 3.8) is 0 Å². The number of halogens is 1. The van der Waals surface area contributed by atoms with Crippen LogP contribution in [0.1, 0.15) is 25.5 Å². The highest BCUT2D eigenvalue weighted by atomic mass is 79.9. The maximum atomic E-state index is 11.7. The van der Waals surface area contributed by atoms with Gasteiger partial charge >= 0.3 is 0 Å². The number of likely N-dealkylation sites (N-methyl/N-ethyl adjacent to an activating group) is 1. The predicted molar refractivity (Wildman–Crippen MR) is 88.6 cm³/mol. The fourth-order valence-corrected chi connectivity index (χ4v) is 3.75. The number of anilines is 2. The van der Waals surface area contributed by atoms with Crippen molar-refractivity contribution >= 4 is 33.2 Å². The zero-order valence-electron chi connectivity index (χ0n) is 12.6. The molecule has 0 bridgehead atoms. The zero-order chi connectivity index (χ0) is 15.3. The second-order valence-corrected chi connectivity index (χ2v) is 6.98. The highest BCUT2D eigenvalue weighted by Crippen LogP contribution is 2.39. The average molecular weight is 353 g/mol. The van der Waals surface area contributed by atoms with Gasteiger partial charge in [-0.1, -0.05) is 0 Å². The Labute approximate surface area is 133 Å². The van der Waals surface area contributed by atoms with E-state index < -0.39 is 6.04 Å². The summed E-state index contributed by atoms with van der Waals surface area (Å²) in [6, 6.07) is 4.43. The summed E-state index contributed by atoms with van der Waals surface area (Å²) in [5.74, 6) is -0.130. The molecule has 2 heterocycles. The Morgan fingerprint density at radius 3 is 2.52 bits per heavy atom. The molecule has 0 aliphatic carbocycles. The molecule has 2 aliphatic heterocycles. The number of benzene rings is 1. The van der Waals surface area contributed by atoms with Gasteiger partial charge in [0.25, 0.3) is 0 Å². The molecule has 1 aromatic carbocycles. The summed E-state index contributed by atoms with van der Waals surface area (Å²) in [5, 5.41) is 2.86. The molecule has 3 atom stereocenters. The van der Waals surface area contributed by atoms with Crippen molar-refractivity contribution in [1.82, 2.24) is 4.90 Å². The number of nitrogens with two attached hydrogens (primary N) is 1. The molecule has 5 nitrogen and oxygen atoms in total. The second-order valence-electron chi connectivity index (χ2n) is 6.13. The summed E-state index contributed by atoms with van der Waals surface area (Å²) < 4.78 is 0.997. The van der Waals surface area contributed by atoms with E-state index in [-0.39, 0.29) is 5.91 Å². The Balaban J connectivity index is 1.94. The van der Waals surface area contributed by atoms with E-state index in [9.17, 15) is 4.79 Å². The van der Waals surface area contributed by atoms with E-state index in [0.29, 0.717) is 12.1 Å². The molecule has 1 aromatic rings. The van der Waals surface area contributed by atoms with Crippen molar-refractivity contribution in [3.8, 4) is 0 Å². The first kappa shape index (κ1) is 14.8. The Morgan fingerprint density at radius 1 is 1.29 bits per heavy atom. The van der Waals surface area contributed by atoms with Gasteiger partial charge in [0.2, 0.25) is 5.91 Å². The third kappa shape index (κ3) is 2.45. The van der Waals surface area contributed by atoms with Crippen molar-refractivity contribution in [2.45, 2.75) is 32.0 Å². The Morgan fingerprint density at radius 2 is 1.90 bits per heavy atom.